The summed E-state index contributed by atoms with van der Waals surface area (Å²) in [7, 11) is 0. The summed E-state index contributed by atoms with van der Waals surface area (Å²) in [5.74, 6) is 4.80. The predicted octanol–water partition coefficient (Wildman–Crippen LogP) is 6.81. The minimum Gasteiger partial charge on any atom is -0.0842 e. The van der Waals surface area contributed by atoms with E-state index < -0.39 is 0 Å². The third-order valence-electron chi connectivity index (χ3n) is 7.46. The number of fused-ring (bicyclic) bond motifs is 4. The number of hydrogen-bond donors (Lipinski definition) is 0. The van der Waals surface area contributed by atoms with Crippen molar-refractivity contribution in [2.75, 3.05) is 0 Å². The van der Waals surface area contributed by atoms with Gasteiger partial charge in [0.05, 0.1) is 0 Å². The lowest BCUT2D eigenvalue weighted by atomic mass is 9.63. The third kappa shape index (κ3) is 3.15. The Morgan fingerprint density at radius 3 is 2.60 bits per heavy atom. The fraction of sp³-hybridized carbons (Fsp3) is 0.583. The highest BCUT2D eigenvalue weighted by molar-refractivity contribution is 14.1. The van der Waals surface area contributed by atoms with Crippen LogP contribution in [0.3, 0.4) is 0 Å². The first-order chi connectivity index (χ1) is 12.3. The van der Waals surface area contributed by atoms with Crippen molar-refractivity contribution in [1.82, 2.24) is 0 Å². The Hall–Kier alpha value is -0.570. The van der Waals surface area contributed by atoms with E-state index in [-0.39, 0.29) is 0 Å². The molecule has 0 nitrogen and oxygen atoms in total. The number of halogens is 1. The van der Waals surface area contributed by atoms with Gasteiger partial charge >= 0.3 is 0 Å². The van der Waals surface area contributed by atoms with E-state index in [4.69, 9.17) is 0 Å². The second-order valence-corrected chi connectivity index (χ2v) is 10.5. The van der Waals surface area contributed by atoms with Gasteiger partial charge in [0.15, 0.2) is 0 Å². The number of hydrogen-bond acceptors (Lipinski definition) is 0. The van der Waals surface area contributed by atoms with Crippen LogP contribution >= 0.6 is 22.6 Å². The molecule has 0 bridgehead atoms. The predicted molar refractivity (Wildman–Crippen MR) is 115 cm³/mol. The molecule has 5 aliphatic carbocycles. The molecule has 0 aromatic heterocycles. The van der Waals surface area contributed by atoms with Crippen LogP contribution in [0.15, 0.2) is 59.8 Å². The van der Waals surface area contributed by atoms with E-state index in [0.717, 1.165) is 33.5 Å². The summed E-state index contributed by atoms with van der Waals surface area (Å²) in [4.78, 5) is 0. The van der Waals surface area contributed by atoms with Crippen LogP contribution in [0.25, 0.3) is 0 Å². The average molecular weight is 444 g/mol. The van der Waals surface area contributed by atoms with E-state index in [0.29, 0.717) is 5.92 Å². The molecule has 0 aromatic rings. The van der Waals surface area contributed by atoms with Crippen molar-refractivity contribution in [2.24, 2.45) is 35.5 Å². The molecule has 0 N–H and O–H groups in total. The summed E-state index contributed by atoms with van der Waals surface area (Å²) >= 11 is 2.58. The first-order valence-electron chi connectivity index (χ1n) is 10.4. The van der Waals surface area contributed by atoms with Crippen molar-refractivity contribution in [2.45, 2.75) is 48.9 Å². The van der Waals surface area contributed by atoms with Crippen molar-refractivity contribution in [3.8, 4) is 0 Å². The molecule has 5 aliphatic rings. The molecule has 1 saturated carbocycles. The van der Waals surface area contributed by atoms with Gasteiger partial charge < -0.3 is 0 Å². The van der Waals surface area contributed by atoms with E-state index in [2.05, 4.69) is 71.2 Å². The van der Waals surface area contributed by atoms with E-state index in [1.165, 1.54) is 44.9 Å². The molecule has 25 heavy (non-hydrogen) atoms. The smallest absolute Gasteiger partial charge is 0.0295 e. The Bertz CT molecular complexity index is 676. The molecular weight excluding hydrogens is 415 g/mol. The van der Waals surface area contributed by atoms with Crippen molar-refractivity contribution in [3.05, 3.63) is 59.8 Å². The third-order valence-corrected chi connectivity index (χ3v) is 8.38. The standard InChI is InChI=1S/C24H29I/c25-22-11-9-18-13-17(6-7-20(18)15-22)19-10-12-24-21(14-19)8-5-16-3-1-2-4-23(16)24/h5-11,14,16-18,20,22-24H,1-4,12-13,15H2/t16?,17?,18-,20?,22?,23?,24?/m0/s1. The number of rotatable bonds is 1. The zero-order chi connectivity index (χ0) is 16.8. The van der Waals surface area contributed by atoms with Gasteiger partial charge in [-0.15, -0.1) is 0 Å². The summed E-state index contributed by atoms with van der Waals surface area (Å²) in [6, 6.07) is 0. The Morgan fingerprint density at radius 1 is 0.800 bits per heavy atom. The van der Waals surface area contributed by atoms with Crippen molar-refractivity contribution >= 4 is 22.6 Å². The van der Waals surface area contributed by atoms with E-state index >= 15 is 0 Å². The van der Waals surface area contributed by atoms with E-state index in [9.17, 15) is 0 Å². The lowest BCUT2D eigenvalue weighted by Crippen LogP contribution is -2.31. The number of allylic oxidation sites excluding steroid dienone is 10. The molecule has 0 saturated heterocycles. The molecule has 7 atom stereocenters. The largest absolute Gasteiger partial charge is 0.0842 e. The zero-order valence-electron chi connectivity index (χ0n) is 15.0. The minimum atomic E-state index is 0.641. The van der Waals surface area contributed by atoms with E-state index in [1.807, 2.05) is 0 Å². The second kappa shape index (κ2) is 6.87. The molecule has 1 fully saturated rings. The molecule has 132 valence electrons. The van der Waals surface area contributed by atoms with Gasteiger partial charge in [0.1, 0.15) is 0 Å². The van der Waals surface area contributed by atoms with Crippen LogP contribution in [0, 0.1) is 35.5 Å². The quantitative estimate of drug-likeness (QED) is 0.237. The van der Waals surface area contributed by atoms with Crippen LogP contribution < -0.4 is 0 Å². The Labute approximate surface area is 166 Å². The maximum atomic E-state index is 2.60. The van der Waals surface area contributed by atoms with Crippen LogP contribution in [0.4, 0.5) is 0 Å². The number of alkyl halides is 1. The minimum absolute atomic E-state index is 0.641. The highest BCUT2D eigenvalue weighted by atomic mass is 127. The Kier molecular flexibility index (Phi) is 4.56. The summed E-state index contributed by atoms with van der Waals surface area (Å²) < 4.78 is 0.729. The Morgan fingerprint density at radius 2 is 1.64 bits per heavy atom. The van der Waals surface area contributed by atoms with Gasteiger partial charge in [-0.05, 0) is 72.8 Å². The molecular formula is C24H29I. The van der Waals surface area contributed by atoms with Crippen LogP contribution in [0.1, 0.15) is 44.9 Å². The fourth-order valence-electron chi connectivity index (χ4n) is 6.06. The maximum absolute atomic E-state index is 2.60. The van der Waals surface area contributed by atoms with E-state index in [1.54, 1.807) is 11.1 Å². The van der Waals surface area contributed by atoms with Crippen molar-refractivity contribution in [3.63, 3.8) is 0 Å². The average Bonchev–Trinajstić information content (AvgIpc) is 2.67. The molecule has 6 unspecified atom stereocenters. The Balaban J connectivity index is 1.35. The molecule has 0 radical (unpaired) electrons. The topological polar surface area (TPSA) is 0 Å². The zero-order valence-corrected chi connectivity index (χ0v) is 17.1. The molecule has 1 heteroatoms. The molecule has 5 rings (SSSR count). The van der Waals surface area contributed by atoms with Crippen LogP contribution in [0.2, 0.25) is 0 Å². The second-order valence-electron chi connectivity index (χ2n) is 8.85. The van der Waals surface area contributed by atoms with Crippen LogP contribution in [-0.2, 0) is 0 Å². The van der Waals surface area contributed by atoms with Crippen molar-refractivity contribution < 1.29 is 0 Å². The van der Waals surface area contributed by atoms with Crippen LogP contribution in [-0.4, -0.2) is 3.92 Å². The van der Waals surface area contributed by atoms with Gasteiger partial charge in [0.25, 0.3) is 0 Å². The lowest BCUT2D eigenvalue weighted by molar-refractivity contribution is 0.210. The molecule has 0 heterocycles. The molecule has 0 aromatic carbocycles. The summed E-state index contributed by atoms with van der Waals surface area (Å²) in [6.07, 6.45) is 29.9. The lowest BCUT2D eigenvalue weighted by Gasteiger charge is -2.41. The van der Waals surface area contributed by atoms with Crippen LogP contribution in [0.5, 0.6) is 0 Å². The van der Waals surface area contributed by atoms with Gasteiger partial charge in [0.2, 0.25) is 0 Å². The SMILES string of the molecule is IC1C=C[C@H]2CC(C3=CCC4C(=C3)C=CC3CCCCC34)C=CC2C1. The fourth-order valence-corrected chi connectivity index (χ4v) is 6.89. The van der Waals surface area contributed by atoms with Gasteiger partial charge in [0, 0.05) is 9.84 Å². The summed E-state index contributed by atoms with van der Waals surface area (Å²) in [5, 5.41) is 0. The summed E-state index contributed by atoms with van der Waals surface area (Å²) in [5.41, 5.74) is 3.24. The van der Waals surface area contributed by atoms with Gasteiger partial charge in [-0.2, -0.15) is 0 Å². The maximum Gasteiger partial charge on any atom is 0.0295 e. The van der Waals surface area contributed by atoms with Gasteiger partial charge in [-0.25, -0.2) is 0 Å². The van der Waals surface area contributed by atoms with Gasteiger partial charge in [-0.1, -0.05) is 84.0 Å². The molecule has 0 amide bonds. The summed E-state index contributed by atoms with van der Waals surface area (Å²) in [6.45, 7) is 0. The first kappa shape index (κ1) is 16.6. The highest BCUT2D eigenvalue weighted by Crippen LogP contribution is 2.48. The van der Waals surface area contributed by atoms with Gasteiger partial charge in [-0.3, -0.25) is 0 Å². The first-order valence-corrected chi connectivity index (χ1v) is 11.6. The molecule has 0 spiro atoms. The highest BCUT2D eigenvalue weighted by Gasteiger charge is 2.36. The van der Waals surface area contributed by atoms with Crippen molar-refractivity contribution in [1.29, 1.82) is 0 Å². The normalized spacial score (nSPS) is 45.1. The molecule has 0 aliphatic heterocycles. The monoisotopic (exact) mass is 444 g/mol.